The van der Waals surface area contributed by atoms with Crippen LogP contribution >= 0.6 is 35.0 Å². The molecular weight excluding hydrogens is 607 g/mol. The second-order valence-corrected chi connectivity index (χ2v) is 12.3. The smallest absolute Gasteiger partial charge is 0.339 e. The lowest BCUT2D eigenvalue weighted by Gasteiger charge is -2.15. The van der Waals surface area contributed by atoms with Crippen molar-refractivity contribution in [2.45, 2.75) is 18.4 Å². The molecule has 1 N–H and O–H groups in total. The largest absolute Gasteiger partial charge is 0.378 e. The first kappa shape index (κ1) is 28.7. The SMILES string of the molecule is CC(=O)Nc1ccc(S(=O)(=O)Oc2ccc3ccccc3c2/C=C2\SC(=O)N(Cc3c(Cl)cccc3Cl)C2=O)cc1. The first-order valence-corrected chi connectivity index (χ1v) is 15.0. The number of hydrogen-bond donors (Lipinski definition) is 1. The fourth-order valence-electron chi connectivity index (χ4n) is 4.18. The maximum absolute atomic E-state index is 13.4. The molecule has 0 aromatic heterocycles. The van der Waals surface area contributed by atoms with Gasteiger partial charge in [0.2, 0.25) is 5.91 Å². The fourth-order valence-corrected chi connectivity index (χ4v) is 6.46. The number of benzene rings is 4. The third-order valence-corrected chi connectivity index (χ3v) is 8.98. The molecule has 5 rings (SSSR count). The van der Waals surface area contributed by atoms with Crippen molar-refractivity contribution in [3.63, 3.8) is 0 Å². The Labute approximate surface area is 250 Å². The van der Waals surface area contributed by atoms with Crippen molar-refractivity contribution in [2.75, 3.05) is 5.32 Å². The van der Waals surface area contributed by atoms with Crippen LogP contribution in [0.3, 0.4) is 0 Å². The third-order valence-electron chi connectivity index (χ3n) is 6.12. The van der Waals surface area contributed by atoms with Crippen LogP contribution in [0.2, 0.25) is 10.0 Å². The third kappa shape index (κ3) is 6.11. The monoisotopic (exact) mass is 626 g/mol. The molecule has 3 amide bonds. The molecule has 4 aromatic rings. The van der Waals surface area contributed by atoms with Crippen molar-refractivity contribution < 1.29 is 27.0 Å². The highest BCUT2D eigenvalue weighted by molar-refractivity contribution is 8.18. The van der Waals surface area contributed by atoms with Gasteiger partial charge in [-0.15, -0.1) is 0 Å². The Bertz CT molecular complexity index is 1840. The zero-order chi connectivity index (χ0) is 29.3. The first-order valence-electron chi connectivity index (χ1n) is 12.1. The van der Waals surface area contributed by atoms with Crippen LogP contribution in [0.1, 0.15) is 18.1 Å². The molecule has 0 saturated carbocycles. The van der Waals surface area contributed by atoms with Gasteiger partial charge in [0.25, 0.3) is 11.1 Å². The first-order chi connectivity index (χ1) is 19.5. The highest BCUT2D eigenvalue weighted by Gasteiger charge is 2.36. The maximum Gasteiger partial charge on any atom is 0.339 e. The van der Waals surface area contributed by atoms with Crippen molar-refractivity contribution in [1.29, 1.82) is 0 Å². The number of thioether (sulfide) groups is 1. The lowest BCUT2D eigenvalue weighted by Crippen LogP contribution is -2.27. The predicted molar refractivity (Wildman–Crippen MR) is 160 cm³/mol. The van der Waals surface area contributed by atoms with E-state index < -0.39 is 21.3 Å². The van der Waals surface area contributed by atoms with Gasteiger partial charge in [-0.25, -0.2) is 0 Å². The molecule has 0 aliphatic carbocycles. The fraction of sp³-hybridized carbons (Fsp3) is 0.0690. The van der Waals surface area contributed by atoms with E-state index in [-0.39, 0.29) is 28.0 Å². The van der Waals surface area contributed by atoms with Crippen molar-refractivity contribution in [1.82, 2.24) is 4.90 Å². The molecule has 8 nitrogen and oxygen atoms in total. The van der Waals surface area contributed by atoms with E-state index in [9.17, 15) is 22.8 Å². The van der Waals surface area contributed by atoms with Crippen LogP contribution in [0, 0.1) is 0 Å². The van der Waals surface area contributed by atoms with Crippen LogP contribution in [-0.2, 0) is 26.3 Å². The van der Waals surface area contributed by atoms with E-state index in [1.807, 2.05) is 12.1 Å². The molecule has 0 spiro atoms. The van der Waals surface area contributed by atoms with Crippen molar-refractivity contribution in [3.05, 3.63) is 105 Å². The van der Waals surface area contributed by atoms with E-state index in [0.717, 1.165) is 22.0 Å². The molecule has 1 fully saturated rings. The van der Waals surface area contributed by atoms with Gasteiger partial charge in [-0.3, -0.25) is 19.3 Å². The van der Waals surface area contributed by atoms with Gasteiger partial charge in [-0.1, -0.05) is 59.6 Å². The second kappa shape index (κ2) is 11.6. The Morgan fingerprint density at radius 1 is 0.951 bits per heavy atom. The minimum atomic E-state index is -4.31. The molecule has 4 aromatic carbocycles. The van der Waals surface area contributed by atoms with Gasteiger partial charge in [0.05, 0.1) is 11.4 Å². The molecule has 1 saturated heterocycles. The quantitative estimate of drug-likeness (QED) is 0.172. The summed E-state index contributed by atoms with van der Waals surface area (Å²) in [7, 11) is -4.31. The standard InChI is InChI=1S/C29H20Cl2N2O6S2/c1-17(34)32-19-10-12-20(13-11-19)41(37,38)39-26-14-9-18-5-2-3-6-21(18)22(26)15-27-28(35)33(29(36)40-27)16-23-24(30)7-4-8-25(23)31/h2-15H,16H2,1H3,(H,32,34)/b27-15-. The Morgan fingerprint density at radius 3 is 2.32 bits per heavy atom. The summed E-state index contributed by atoms with van der Waals surface area (Å²) in [5, 5.41) is 4.07. The molecule has 0 bridgehead atoms. The van der Waals surface area contributed by atoms with E-state index in [4.69, 9.17) is 27.4 Å². The average Bonchev–Trinajstić information content (AvgIpc) is 3.19. The van der Waals surface area contributed by atoms with E-state index in [0.29, 0.717) is 32.2 Å². The number of fused-ring (bicyclic) bond motifs is 1. The van der Waals surface area contributed by atoms with E-state index >= 15 is 0 Å². The molecule has 12 heteroatoms. The van der Waals surface area contributed by atoms with Crippen LogP contribution in [0.15, 0.2) is 88.7 Å². The molecule has 0 unspecified atom stereocenters. The number of nitrogens with zero attached hydrogens (tertiary/aromatic N) is 1. The number of carbonyl (C=O) groups excluding carboxylic acids is 3. The van der Waals surface area contributed by atoms with Crippen LogP contribution in [0.4, 0.5) is 10.5 Å². The molecule has 1 heterocycles. The normalized spacial score (nSPS) is 14.6. The van der Waals surface area contributed by atoms with Crippen LogP contribution in [-0.4, -0.2) is 30.4 Å². The van der Waals surface area contributed by atoms with E-state index in [1.54, 1.807) is 36.4 Å². The summed E-state index contributed by atoms with van der Waals surface area (Å²) < 4.78 is 32.0. The zero-order valence-corrected chi connectivity index (χ0v) is 24.4. The number of anilines is 1. The Balaban J connectivity index is 1.51. The summed E-state index contributed by atoms with van der Waals surface area (Å²) in [4.78, 5) is 38.5. The van der Waals surface area contributed by atoms with Crippen molar-refractivity contribution in [2.24, 2.45) is 0 Å². The number of amides is 3. The Morgan fingerprint density at radius 2 is 1.63 bits per heavy atom. The minimum absolute atomic E-state index is 0.0319. The molecule has 1 aliphatic rings. The predicted octanol–water partition coefficient (Wildman–Crippen LogP) is 7.11. The van der Waals surface area contributed by atoms with Gasteiger partial charge in [-0.2, -0.15) is 8.42 Å². The molecule has 208 valence electrons. The minimum Gasteiger partial charge on any atom is -0.378 e. The number of carbonyl (C=O) groups is 3. The second-order valence-electron chi connectivity index (χ2n) is 8.91. The molecule has 0 atom stereocenters. The van der Waals surface area contributed by atoms with Crippen LogP contribution < -0.4 is 9.50 Å². The number of halogens is 2. The van der Waals surface area contributed by atoms with Gasteiger partial charge < -0.3 is 9.50 Å². The summed E-state index contributed by atoms with van der Waals surface area (Å²) in [6, 6.07) is 20.8. The van der Waals surface area contributed by atoms with Gasteiger partial charge in [0.15, 0.2) is 5.75 Å². The molecule has 41 heavy (non-hydrogen) atoms. The van der Waals surface area contributed by atoms with Crippen molar-refractivity contribution in [3.8, 4) is 5.75 Å². The summed E-state index contributed by atoms with van der Waals surface area (Å²) >= 11 is 13.2. The van der Waals surface area contributed by atoms with E-state index in [2.05, 4.69) is 5.32 Å². The highest BCUT2D eigenvalue weighted by Crippen LogP contribution is 2.39. The number of hydrogen-bond acceptors (Lipinski definition) is 7. The summed E-state index contributed by atoms with van der Waals surface area (Å²) in [6.45, 7) is 1.22. The van der Waals surface area contributed by atoms with Crippen molar-refractivity contribution >= 4 is 84.7 Å². The zero-order valence-electron chi connectivity index (χ0n) is 21.3. The van der Waals surface area contributed by atoms with Crippen LogP contribution in [0.25, 0.3) is 16.8 Å². The topological polar surface area (TPSA) is 110 Å². The van der Waals surface area contributed by atoms with Gasteiger partial charge in [0, 0.05) is 33.8 Å². The maximum atomic E-state index is 13.4. The number of imide groups is 1. The van der Waals surface area contributed by atoms with Gasteiger partial charge in [0.1, 0.15) is 4.90 Å². The van der Waals surface area contributed by atoms with Gasteiger partial charge >= 0.3 is 10.1 Å². The number of nitrogens with one attached hydrogen (secondary N) is 1. The molecular formula is C29H20Cl2N2O6S2. The van der Waals surface area contributed by atoms with Crippen LogP contribution in [0.5, 0.6) is 5.75 Å². The lowest BCUT2D eigenvalue weighted by molar-refractivity contribution is -0.123. The summed E-state index contributed by atoms with van der Waals surface area (Å²) in [6.07, 6.45) is 1.45. The Kier molecular flexibility index (Phi) is 8.10. The summed E-state index contributed by atoms with van der Waals surface area (Å²) in [5.74, 6) is -0.904. The van der Waals surface area contributed by atoms with E-state index in [1.165, 1.54) is 43.3 Å². The Hall–Kier alpha value is -3.83. The molecule has 0 radical (unpaired) electrons. The van der Waals surface area contributed by atoms with Gasteiger partial charge in [-0.05, 0) is 71.1 Å². The summed E-state index contributed by atoms with van der Waals surface area (Å²) in [5.41, 5.74) is 1.17. The molecule has 1 aliphatic heterocycles. The average molecular weight is 628 g/mol. The number of rotatable bonds is 7. The highest BCUT2D eigenvalue weighted by atomic mass is 35.5. The lowest BCUT2D eigenvalue weighted by atomic mass is 10.0.